The lowest BCUT2D eigenvalue weighted by Gasteiger charge is -2.31. The number of aryl methyl sites for hydroxylation is 1. The first-order chi connectivity index (χ1) is 10.6. The minimum atomic E-state index is 0.180. The molecule has 4 nitrogen and oxygen atoms in total. The molecule has 1 atom stereocenters. The summed E-state index contributed by atoms with van der Waals surface area (Å²) in [7, 11) is 0. The quantitative estimate of drug-likeness (QED) is 0.944. The van der Waals surface area contributed by atoms with Crippen LogP contribution in [-0.2, 0) is 0 Å². The van der Waals surface area contributed by atoms with Gasteiger partial charge in [0.1, 0.15) is 11.6 Å². The first kappa shape index (κ1) is 14.7. The van der Waals surface area contributed by atoms with Gasteiger partial charge in [0.25, 0.3) is 0 Å². The van der Waals surface area contributed by atoms with Crippen molar-refractivity contribution < 1.29 is 0 Å². The Labute approximate surface area is 131 Å². The van der Waals surface area contributed by atoms with E-state index in [1.165, 1.54) is 16.7 Å². The van der Waals surface area contributed by atoms with E-state index < -0.39 is 0 Å². The van der Waals surface area contributed by atoms with E-state index >= 15 is 0 Å². The number of hydrogen-bond acceptors (Lipinski definition) is 4. The van der Waals surface area contributed by atoms with Gasteiger partial charge in [-0.15, -0.1) is 0 Å². The number of aromatic nitrogens is 2. The van der Waals surface area contributed by atoms with Crippen molar-refractivity contribution in [3.05, 3.63) is 59.6 Å². The van der Waals surface area contributed by atoms with Crippen molar-refractivity contribution in [3.8, 4) is 0 Å². The molecule has 2 heterocycles. The number of benzene rings is 1. The summed E-state index contributed by atoms with van der Waals surface area (Å²) in [6.45, 7) is 6.19. The van der Waals surface area contributed by atoms with Gasteiger partial charge in [0.05, 0.1) is 6.04 Å². The Balaban J connectivity index is 1.71. The molecular formula is C18H22N4. The molecule has 0 aliphatic carbocycles. The van der Waals surface area contributed by atoms with Crippen molar-refractivity contribution in [1.82, 2.24) is 14.9 Å². The molecule has 4 heteroatoms. The van der Waals surface area contributed by atoms with E-state index in [9.17, 15) is 0 Å². The summed E-state index contributed by atoms with van der Waals surface area (Å²) in [6, 6.07) is 10.7. The van der Waals surface area contributed by atoms with Crippen LogP contribution in [0.1, 0.15) is 36.3 Å². The molecule has 3 rings (SSSR count). The molecule has 1 aliphatic heterocycles. The monoisotopic (exact) mass is 294 g/mol. The lowest BCUT2D eigenvalue weighted by atomic mass is 9.98. The number of nitrogen functional groups attached to an aromatic ring is 1. The Hall–Kier alpha value is -2.20. The maximum absolute atomic E-state index is 5.75. The zero-order chi connectivity index (χ0) is 15.5. The molecule has 1 aromatic heterocycles. The van der Waals surface area contributed by atoms with Crippen LogP contribution in [0.15, 0.2) is 42.6 Å². The Bertz CT molecular complexity index is 676. The van der Waals surface area contributed by atoms with Gasteiger partial charge in [0.2, 0.25) is 0 Å². The van der Waals surface area contributed by atoms with Gasteiger partial charge >= 0.3 is 0 Å². The average Bonchev–Trinajstić information content (AvgIpc) is 2.55. The van der Waals surface area contributed by atoms with Crippen molar-refractivity contribution in [2.45, 2.75) is 26.3 Å². The highest BCUT2D eigenvalue weighted by molar-refractivity contribution is 5.66. The van der Waals surface area contributed by atoms with Gasteiger partial charge in [-0.3, -0.25) is 4.90 Å². The Kier molecular flexibility index (Phi) is 4.20. The maximum atomic E-state index is 5.75. The highest BCUT2D eigenvalue weighted by atomic mass is 15.2. The molecule has 0 saturated carbocycles. The lowest BCUT2D eigenvalue weighted by molar-refractivity contribution is 0.225. The third-order valence-electron chi connectivity index (χ3n) is 4.28. The summed E-state index contributed by atoms with van der Waals surface area (Å²) in [4.78, 5) is 11.1. The SMILES string of the molecule is Cc1ccc(C2=CCN(C(C)c3nccc(N)n3)CC2)cc1. The van der Waals surface area contributed by atoms with E-state index in [-0.39, 0.29) is 6.04 Å². The third kappa shape index (κ3) is 3.17. The van der Waals surface area contributed by atoms with Crippen LogP contribution < -0.4 is 5.73 Å². The van der Waals surface area contributed by atoms with Gasteiger partial charge in [-0.25, -0.2) is 9.97 Å². The van der Waals surface area contributed by atoms with Gasteiger partial charge in [-0.2, -0.15) is 0 Å². The predicted molar refractivity (Wildman–Crippen MR) is 90.2 cm³/mol. The van der Waals surface area contributed by atoms with Gasteiger partial charge in [-0.05, 0) is 37.5 Å². The molecule has 0 radical (unpaired) electrons. The second-order valence-corrected chi connectivity index (χ2v) is 5.86. The molecular weight excluding hydrogens is 272 g/mol. The van der Waals surface area contributed by atoms with Crippen molar-refractivity contribution in [2.75, 3.05) is 18.8 Å². The first-order valence-corrected chi connectivity index (χ1v) is 7.72. The van der Waals surface area contributed by atoms with Crippen molar-refractivity contribution in [3.63, 3.8) is 0 Å². The zero-order valence-corrected chi connectivity index (χ0v) is 13.2. The predicted octanol–water partition coefficient (Wildman–Crippen LogP) is 3.22. The second kappa shape index (κ2) is 6.28. The fourth-order valence-electron chi connectivity index (χ4n) is 2.82. The normalized spacial score (nSPS) is 17.1. The highest BCUT2D eigenvalue weighted by Gasteiger charge is 2.21. The summed E-state index contributed by atoms with van der Waals surface area (Å²) < 4.78 is 0. The zero-order valence-electron chi connectivity index (χ0n) is 13.2. The summed E-state index contributed by atoms with van der Waals surface area (Å²) in [5, 5.41) is 0. The van der Waals surface area contributed by atoms with Crippen LogP contribution in [0.5, 0.6) is 0 Å². The van der Waals surface area contributed by atoms with E-state index in [2.05, 4.69) is 59.1 Å². The number of nitrogens with two attached hydrogens (primary N) is 1. The fraction of sp³-hybridized carbons (Fsp3) is 0.333. The average molecular weight is 294 g/mol. The van der Waals surface area contributed by atoms with Gasteiger partial charge in [0, 0.05) is 19.3 Å². The molecule has 1 unspecified atom stereocenters. The molecule has 2 aromatic rings. The molecule has 1 aliphatic rings. The Morgan fingerprint density at radius 2 is 1.95 bits per heavy atom. The van der Waals surface area contributed by atoms with E-state index in [0.717, 1.165) is 25.3 Å². The van der Waals surface area contributed by atoms with Crippen LogP contribution in [0.2, 0.25) is 0 Å². The minimum absolute atomic E-state index is 0.180. The van der Waals surface area contributed by atoms with Crippen molar-refractivity contribution >= 4 is 11.4 Å². The lowest BCUT2D eigenvalue weighted by Crippen LogP contribution is -2.32. The van der Waals surface area contributed by atoms with Crippen molar-refractivity contribution in [2.24, 2.45) is 0 Å². The molecule has 2 N–H and O–H groups in total. The highest BCUT2D eigenvalue weighted by Crippen LogP contribution is 2.27. The smallest absolute Gasteiger partial charge is 0.147 e. The molecule has 0 spiro atoms. The Morgan fingerprint density at radius 3 is 2.59 bits per heavy atom. The van der Waals surface area contributed by atoms with Gasteiger partial charge in [0.15, 0.2) is 0 Å². The molecule has 0 saturated heterocycles. The topological polar surface area (TPSA) is 55.0 Å². The molecule has 0 fully saturated rings. The van der Waals surface area contributed by atoms with Crippen LogP contribution in [0.25, 0.3) is 5.57 Å². The van der Waals surface area contributed by atoms with E-state index in [1.807, 2.05) is 0 Å². The Morgan fingerprint density at radius 1 is 1.18 bits per heavy atom. The second-order valence-electron chi connectivity index (χ2n) is 5.86. The summed E-state index contributed by atoms with van der Waals surface area (Å²) in [5.74, 6) is 1.33. The van der Waals surface area contributed by atoms with Crippen LogP contribution in [0.3, 0.4) is 0 Å². The maximum Gasteiger partial charge on any atom is 0.147 e. The number of rotatable bonds is 3. The summed E-state index contributed by atoms with van der Waals surface area (Å²) >= 11 is 0. The van der Waals surface area contributed by atoms with E-state index in [1.54, 1.807) is 12.3 Å². The third-order valence-corrected chi connectivity index (χ3v) is 4.28. The number of anilines is 1. The van der Waals surface area contributed by atoms with Crippen LogP contribution in [0.4, 0.5) is 5.82 Å². The van der Waals surface area contributed by atoms with Crippen LogP contribution in [-0.4, -0.2) is 28.0 Å². The van der Waals surface area contributed by atoms with Gasteiger partial charge in [-0.1, -0.05) is 35.9 Å². The summed E-state index contributed by atoms with van der Waals surface area (Å²) in [6.07, 6.45) is 5.10. The minimum Gasteiger partial charge on any atom is -0.384 e. The van der Waals surface area contributed by atoms with E-state index in [0.29, 0.717) is 5.82 Å². The van der Waals surface area contributed by atoms with Crippen LogP contribution in [0, 0.1) is 6.92 Å². The van der Waals surface area contributed by atoms with Crippen LogP contribution >= 0.6 is 0 Å². The molecule has 22 heavy (non-hydrogen) atoms. The molecule has 114 valence electrons. The molecule has 1 aromatic carbocycles. The largest absolute Gasteiger partial charge is 0.384 e. The van der Waals surface area contributed by atoms with Crippen molar-refractivity contribution in [1.29, 1.82) is 0 Å². The molecule has 0 amide bonds. The first-order valence-electron chi connectivity index (χ1n) is 7.72. The van der Waals surface area contributed by atoms with E-state index in [4.69, 9.17) is 5.73 Å². The fourth-order valence-corrected chi connectivity index (χ4v) is 2.82. The number of hydrogen-bond donors (Lipinski definition) is 1. The standard InChI is InChI=1S/C18H22N4/c1-13-3-5-15(6-4-13)16-8-11-22(12-9-16)14(2)18-20-10-7-17(19)21-18/h3-8,10,14H,9,11-12H2,1-2H3,(H2,19,20,21). The molecule has 0 bridgehead atoms. The number of nitrogens with zero attached hydrogens (tertiary/aromatic N) is 3. The summed E-state index contributed by atoms with van der Waals surface area (Å²) in [5.41, 5.74) is 9.81. The van der Waals surface area contributed by atoms with Gasteiger partial charge < -0.3 is 5.73 Å².